The molecule has 0 aliphatic heterocycles. The van der Waals surface area contributed by atoms with E-state index in [9.17, 15) is 8.78 Å². The number of rotatable bonds is 0. The summed E-state index contributed by atoms with van der Waals surface area (Å²) in [6.45, 7) is 1.77. The number of hydrogen-bond acceptors (Lipinski definition) is 0. The Hall–Kier alpha value is -0.140. The molecule has 3 atom stereocenters. The third-order valence-electron chi connectivity index (χ3n) is 2.11. The summed E-state index contributed by atoms with van der Waals surface area (Å²) in [6, 6.07) is 0. The number of halogens is 2. The van der Waals surface area contributed by atoms with Gasteiger partial charge < -0.3 is 0 Å². The molecule has 0 saturated heterocycles. The first-order chi connectivity index (χ1) is 4.72. The van der Waals surface area contributed by atoms with Gasteiger partial charge in [0.2, 0.25) is 0 Å². The highest BCUT2D eigenvalue weighted by molar-refractivity contribution is 4.84. The molecule has 0 bridgehead atoms. The van der Waals surface area contributed by atoms with Gasteiger partial charge in [-0.25, -0.2) is 8.78 Å². The van der Waals surface area contributed by atoms with E-state index >= 15 is 0 Å². The van der Waals surface area contributed by atoms with Crippen molar-refractivity contribution < 1.29 is 8.78 Å². The van der Waals surface area contributed by atoms with Crippen molar-refractivity contribution in [2.45, 2.75) is 38.5 Å². The van der Waals surface area contributed by atoms with E-state index in [1.807, 2.05) is 6.42 Å². The molecule has 1 aliphatic rings. The first-order valence-electron chi connectivity index (χ1n) is 3.81. The fraction of sp³-hybridized carbons (Fsp3) is 0.875. The minimum Gasteiger partial charge on any atom is -0.244 e. The van der Waals surface area contributed by atoms with Crippen molar-refractivity contribution in [2.75, 3.05) is 0 Å². The summed E-state index contributed by atoms with van der Waals surface area (Å²) >= 11 is 0. The molecule has 0 aromatic rings. The topological polar surface area (TPSA) is 0 Å². The average Bonchev–Trinajstić information content (AvgIpc) is 2.04. The Kier molecular flexibility index (Phi) is 2.64. The van der Waals surface area contributed by atoms with E-state index in [0.29, 0.717) is 6.42 Å². The maximum atomic E-state index is 12.8. The van der Waals surface area contributed by atoms with Crippen LogP contribution >= 0.6 is 0 Å². The summed E-state index contributed by atoms with van der Waals surface area (Å²) in [5.41, 5.74) is 0. The summed E-state index contributed by atoms with van der Waals surface area (Å²) in [4.78, 5) is 0. The zero-order valence-corrected chi connectivity index (χ0v) is 6.19. The fourth-order valence-corrected chi connectivity index (χ4v) is 1.30. The van der Waals surface area contributed by atoms with Crippen molar-refractivity contribution in [3.63, 3.8) is 0 Å². The summed E-state index contributed by atoms with van der Waals surface area (Å²) in [6.07, 6.45) is 1.31. The first kappa shape index (κ1) is 7.96. The predicted molar refractivity (Wildman–Crippen MR) is 37.1 cm³/mol. The van der Waals surface area contributed by atoms with Crippen LogP contribution in [0.15, 0.2) is 0 Å². The third kappa shape index (κ3) is 1.68. The SMILES string of the molecule is CC1CC[CH]CC(F)C1F. The molecule has 10 heavy (non-hydrogen) atoms. The lowest BCUT2D eigenvalue weighted by Crippen LogP contribution is -2.22. The highest BCUT2D eigenvalue weighted by Gasteiger charge is 2.28. The van der Waals surface area contributed by atoms with Crippen LogP contribution in [0.5, 0.6) is 0 Å². The Morgan fingerprint density at radius 2 is 2.10 bits per heavy atom. The Balaban J connectivity index is 2.46. The maximum absolute atomic E-state index is 12.8. The highest BCUT2D eigenvalue weighted by Crippen LogP contribution is 2.26. The molecule has 59 valence electrons. The first-order valence-corrected chi connectivity index (χ1v) is 3.81. The van der Waals surface area contributed by atoms with Crippen LogP contribution in [0.1, 0.15) is 26.2 Å². The second-order valence-electron chi connectivity index (χ2n) is 3.04. The minimum absolute atomic E-state index is 0.103. The zero-order valence-electron chi connectivity index (χ0n) is 6.19. The smallest absolute Gasteiger partial charge is 0.134 e. The van der Waals surface area contributed by atoms with Gasteiger partial charge in [-0.1, -0.05) is 6.92 Å². The molecule has 0 amide bonds. The molecule has 1 saturated carbocycles. The monoisotopic (exact) mass is 147 g/mol. The van der Waals surface area contributed by atoms with Gasteiger partial charge in [0.1, 0.15) is 12.3 Å². The van der Waals surface area contributed by atoms with E-state index in [4.69, 9.17) is 0 Å². The molecule has 1 aliphatic carbocycles. The second-order valence-corrected chi connectivity index (χ2v) is 3.04. The van der Waals surface area contributed by atoms with Gasteiger partial charge in [0, 0.05) is 0 Å². The Bertz CT molecular complexity index is 91.4. The lowest BCUT2D eigenvalue weighted by molar-refractivity contribution is 0.123. The zero-order chi connectivity index (χ0) is 7.56. The molecule has 0 N–H and O–H groups in total. The number of hydrogen-bond donors (Lipinski definition) is 0. The van der Waals surface area contributed by atoms with E-state index in [1.165, 1.54) is 0 Å². The summed E-state index contributed by atoms with van der Waals surface area (Å²) in [5, 5.41) is 0. The molecule has 2 heteroatoms. The molecule has 0 spiro atoms. The molecular formula is C8H13F2. The molecular weight excluding hydrogens is 134 g/mol. The van der Waals surface area contributed by atoms with Gasteiger partial charge in [-0.05, 0) is 31.6 Å². The van der Waals surface area contributed by atoms with Gasteiger partial charge >= 0.3 is 0 Å². The minimum atomic E-state index is -1.25. The lowest BCUT2D eigenvalue weighted by Gasteiger charge is -2.14. The van der Waals surface area contributed by atoms with Crippen molar-refractivity contribution in [1.82, 2.24) is 0 Å². The van der Waals surface area contributed by atoms with E-state index in [0.717, 1.165) is 12.8 Å². The van der Waals surface area contributed by atoms with Gasteiger partial charge in [-0.3, -0.25) is 0 Å². The Morgan fingerprint density at radius 3 is 2.80 bits per heavy atom. The van der Waals surface area contributed by atoms with Gasteiger partial charge in [0.05, 0.1) is 0 Å². The average molecular weight is 147 g/mol. The summed E-state index contributed by atoms with van der Waals surface area (Å²) < 4.78 is 25.5. The maximum Gasteiger partial charge on any atom is 0.134 e. The van der Waals surface area contributed by atoms with E-state index in [-0.39, 0.29) is 5.92 Å². The van der Waals surface area contributed by atoms with Crippen molar-refractivity contribution in [3.8, 4) is 0 Å². The van der Waals surface area contributed by atoms with Gasteiger partial charge in [-0.2, -0.15) is 0 Å². The second kappa shape index (κ2) is 3.31. The molecule has 0 aromatic heterocycles. The van der Waals surface area contributed by atoms with Gasteiger partial charge in [-0.15, -0.1) is 0 Å². The van der Waals surface area contributed by atoms with Crippen LogP contribution in [0, 0.1) is 12.3 Å². The van der Waals surface area contributed by atoms with Gasteiger partial charge in [0.15, 0.2) is 0 Å². The molecule has 0 nitrogen and oxygen atoms in total. The van der Waals surface area contributed by atoms with Crippen LogP contribution in [-0.2, 0) is 0 Å². The largest absolute Gasteiger partial charge is 0.244 e. The van der Waals surface area contributed by atoms with Crippen molar-refractivity contribution in [2.24, 2.45) is 5.92 Å². The van der Waals surface area contributed by atoms with Gasteiger partial charge in [0.25, 0.3) is 0 Å². The van der Waals surface area contributed by atoms with Crippen LogP contribution in [0.4, 0.5) is 8.78 Å². The summed E-state index contributed by atoms with van der Waals surface area (Å²) in [7, 11) is 0. The number of alkyl halides is 2. The van der Waals surface area contributed by atoms with Crippen LogP contribution in [0.25, 0.3) is 0 Å². The molecule has 3 unspecified atom stereocenters. The molecule has 1 rings (SSSR count). The molecule has 1 radical (unpaired) electrons. The van der Waals surface area contributed by atoms with E-state index in [2.05, 4.69) is 0 Å². The van der Waals surface area contributed by atoms with Crippen LogP contribution in [-0.4, -0.2) is 12.3 Å². The van der Waals surface area contributed by atoms with Crippen molar-refractivity contribution in [1.29, 1.82) is 0 Å². The normalized spacial score (nSPS) is 42.9. The standard InChI is InChI=1S/C8H13F2/c1-6-4-2-3-5-7(9)8(6)10/h3,6-8H,2,4-5H2,1H3. The van der Waals surface area contributed by atoms with Crippen LogP contribution < -0.4 is 0 Å². The highest BCUT2D eigenvalue weighted by atomic mass is 19.2. The quantitative estimate of drug-likeness (QED) is 0.462. The van der Waals surface area contributed by atoms with E-state index < -0.39 is 12.3 Å². The Morgan fingerprint density at radius 1 is 1.40 bits per heavy atom. The van der Waals surface area contributed by atoms with Crippen molar-refractivity contribution >= 4 is 0 Å². The van der Waals surface area contributed by atoms with Crippen molar-refractivity contribution in [3.05, 3.63) is 6.42 Å². The summed E-state index contributed by atoms with van der Waals surface area (Å²) in [5.74, 6) is -0.103. The van der Waals surface area contributed by atoms with E-state index in [1.54, 1.807) is 6.92 Å². The molecule has 0 aromatic carbocycles. The molecule has 1 fully saturated rings. The van der Waals surface area contributed by atoms with Crippen LogP contribution in [0.3, 0.4) is 0 Å². The predicted octanol–water partition coefficient (Wildman–Crippen LogP) is 2.69. The third-order valence-corrected chi connectivity index (χ3v) is 2.11. The van der Waals surface area contributed by atoms with Crippen LogP contribution in [0.2, 0.25) is 0 Å². The fourth-order valence-electron chi connectivity index (χ4n) is 1.30. The molecule has 0 heterocycles. The lowest BCUT2D eigenvalue weighted by atomic mass is 10.0. The Labute approximate surface area is 60.6 Å².